The zero-order chi connectivity index (χ0) is 27.3. The topological polar surface area (TPSA) is 101 Å². The van der Waals surface area contributed by atoms with Crippen LogP contribution < -0.4 is 15.1 Å². The van der Waals surface area contributed by atoms with E-state index >= 15 is 0 Å². The second kappa shape index (κ2) is 9.48. The molecule has 10 nitrogen and oxygen atoms in total. The van der Waals surface area contributed by atoms with Crippen molar-refractivity contribution in [2.75, 3.05) is 16.3 Å². The molecule has 0 spiro atoms. The van der Waals surface area contributed by atoms with Gasteiger partial charge in [-0.1, -0.05) is 0 Å². The van der Waals surface area contributed by atoms with Crippen LogP contribution in [0.3, 0.4) is 0 Å². The lowest BCUT2D eigenvalue weighted by Crippen LogP contribution is -2.60. The molecule has 0 saturated carbocycles. The van der Waals surface area contributed by atoms with E-state index in [1.54, 1.807) is 35.2 Å². The number of halogens is 1. The molecule has 4 aromatic heterocycles. The average molecular weight is 531 g/mol. The molecule has 3 atom stereocenters. The number of piperidine rings is 1. The minimum Gasteiger partial charge on any atom is -0.444 e. The monoisotopic (exact) mass is 530 g/mol. The summed E-state index contributed by atoms with van der Waals surface area (Å²) < 4.78 is 21.7. The van der Waals surface area contributed by atoms with Gasteiger partial charge in [0.05, 0.1) is 35.3 Å². The number of nitrogens with one attached hydrogen (secondary N) is 1. The lowest BCUT2D eigenvalue weighted by molar-refractivity contribution is 0.0496. The number of hydrogen-bond donors (Lipinski definition) is 1. The van der Waals surface area contributed by atoms with Crippen molar-refractivity contribution in [3.8, 4) is 11.4 Å². The van der Waals surface area contributed by atoms with Gasteiger partial charge >= 0.3 is 6.09 Å². The molecule has 1 saturated heterocycles. The van der Waals surface area contributed by atoms with E-state index in [9.17, 15) is 9.18 Å². The number of aromatic nitrogens is 5. The summed E-state index contributed by atoms with van der Waals surface area (Å²) in [5.41, 5.74) is 2.75. The zero-order valence-electron chi connectivity index (χ0n) is 22.4. The van der Waals surface area contributed by atoms with Crippen LogP contribution in [0.25, 0.3) is 16.9 Å². The quantitative estimate of drug-likeness (QED) is 0.406. The minimum absolute atomic E-state index is 0.0202. The number of ether oxygens (including phenoxy) is 1. The summed E-state index contributed by atoms with van der Waals surface area (Å²) in [6, 6.07) is 8.69. The number of amides is 1. The molecule has 1 fully saturated rings. The lowest BCUT2D eigenvalue weighted by Gasteiger charge is -2.51. The highest BCUT2D eigenvalue weighted by Gasteiger charge is 2.42. The van der Waals surface area contributed by atoms with Crippen molar-refractivity contribution < 1.29 is 13.9 Å². The van der Waals surface area contributed by atoms with Crippen molar-refractivity contribution in [3.63, 3.8) is 0 Å². The first kappa shape index (κ1) is 25.0. The van der Waals surface area contributed by atoms with Crippen LogP contribution in [-0.2, 0) is 4.74 Å². The van der Waals surface area contributed by atoms with Crippen LogP contribution in [0.1, 0.15) is 40.5 Å². The zero-order valence-corrected chi connectivity index (χ0v) is 22.4. The maximum atomic E-state index is 14.5. The van der Waals surface area contributed by atoms with Gasteiger partial charge in [0.2, 0.25) is 5.95 Å². The van der Waals surface area contributed by atoms with Crippen molar-refractivity contribution >= 4 is 28.9 Å². The number of fused-ring (bicyclic) bond motifs is 4. The van der Waals surface area contributed by atoms with Crippen molar-refractivity contribution in [2.24, 2.45) is 0 Å². The fourth-order valence-electron chi connectivity index (χ4n) is 5.59. The Balaban J connectivity index is 1.35. The summed E-state index contributed by atoms with van der Waals surface area (Å²) in [4.78, 5) is 30.3. The summed E-state index contributed by atoms with van der Waals surface area (Å²) in [6.07, 6.45) is 8.20. The van der Waals surface area contributed by atoms with Crippen LogP contribution in [0.2, 0.25) is 0 Å². The van der Waals surface area contributed by atoms with E-state index in [1.807, 2.05) is 39.1 Å². The molecule has 0 aliphatic carbocycles. The third-order valence-corrected chi connectivity index (χ3v) is 7.24. The highest BCUT2D eigenvalue weighted by Crippen LogP contribution is 2.44. The van der Waals surface area contributed by atoms with Gasteiger partial charge in [0.1, 0.15) is 17.0 Å². The van der Waals surface area contributed by atoms with Crippen LogP contribution in [0.15, 0.2) is 55.1 Å². The lowest BCUT2D eigenvalue weighted by atomic mass is 9.89. The highest BCUT2D eigenvalue weighted by molar-refractivity contribution is 5.79. The van der Waals surface area contributed by atoms with E-state index in [-0.39, 0.29) is 23.8 Å². The first-order valence-corrected chi connectivity index (χ1v) is 13.1. The predicted octanol–water partition coefficient (Wildman–Crippen LogP) is 4.73. The van der Waals surface area contributed by atoms with E-state index in [0.717, 1.165) is 29.7 Å². The van der Waals surface area contributed by atoms with E-state index in [4.69, 9.17) is 14.8 Å². The Morgan fingerprint density at radius 3 is 2.72 bits per heavy atom. The normalized spacial score (nSPS) is 20.9. The fourth-order valence-corrected chi connectivity index (χ4v) is 5.59. The Kier molecular flexibility index (Phi) is 6.08. The number of hydrogen-bond acceptors (Lipinski definition) is 8. The fraction of sp³-hybridized carbons (Fsp3) is 0.393. The summed E-state index contributed by atoms with van der Waals surface area (Å²) in [7, 11) is 0. The number of nitrogens with zero attached hydrogens (tertiary/aromatic N) is 7. The van der Waals surface area contributed by atoms with Crippen LogP contribution in [0, 0.1) is 5.82 Å². The molecule has 0 radical (unpaired) electrons. The molecule has 11 heteroatoms. The molecule has 6 rings (SSSR count). The molecule has 1 N–H and O–H groups in total. The molecule has 202 valence electrons. The Labute approximate surface area is 225 Å². The summed E-state index contributed by atoms with van der Waals surface area (Å²) in [5, 5.41) is 7.79. The van der Waals surface area contributed by atoms with Crippen LogP contribution >= 0.6 is 0 Å². The molecule has 1 unspecified atom stereocenters. The van der Waals surface area contributed by atoms with Gasteiger partial charge in [0.25, 0.3) is 0 Å². The van der Waals surface area contributed by atoms with Gasteiger partial charge < -0.3 is 19.9 Å². The maximum absolute atomic E-state index is 14.5. The van der Waals surface area contributed by atoms with Gasteiger partial charge in [-0.3, -0.25) is 9.97 Å². The van der Waals surface area contributed by atoms with Gasteiger partial charge in [0.15, 0.2) is 5.82 Å². The molecular formula is C28H31FN8O2. The van der Waals surface area contributed by atoms with Crippen molar-refractivity contribution in [2.45, 2.75) is 64.3 Å². The molecule has 0 aromatic carbocycles. The second-order valence-electron chi connectivity index (χ2n) is 11.1. The highest BCUT2D eigenvalue weighted by atomic mass is 19.1. The van der Waals surface area contributed by atoms with Crippen molar-refractivity contribution in [3.05, 3.63) is 60.9 Å². The number of pyridine rings is 2. The predicted molar refractivity (Wildman–Crippen MR) is 146 cm³/mol. The van der Waals surface area contributed by atoms with Crippen LogP contribution in [0.5, 0.6) is 0 Å². The molecule has 1 amide bonds. The van der Waals surface area contributed by atoms with Crippen molar-refractivity contribution in [1.29, 1.82) is 0 Å². The van der Waals surface area contributed by atoms with E-state index in [1.165, 1.54) is 6.07 Å². The average Bonchev–Trinajstić information content (AvgIpc) is 3.31. The maximum Gasteiger partial charge on any atom is 0.407 e. The van der Waals surface area contributed by atoms with Crippen LogP contribution in [0.4, 0.5) is 26.5 Å². The molecule has 4 aromatic rings. The number of alkyl carbamates (subject to hydrolysis) is 1. The van der Waals surface area contributed by atoms with Crippen LogP contribution in [-0.4, -0.2) is 60.9 Å². The third kappa shape index (κ3) is 4.62. The van der Waals surface area contributed by atoms with Gasteiger partial charge in [-0.2, -0.15) is 9.61 Å². The van der Waals surface area contributed by atoms with Gasteiger partial charge in [0, 0.05) is 31.0 Å². The summed E-state index contributed by atoms with van der Waals surface area (Å²) >= 11 is 0. The number of carbonyl (C=O) groups is 1. The molecule has 2 aliphatic rings. The number of rotatable bonds is 3. The molecular weight excluding hydrogens is 499 g/mol. The standard InChI is InChI=1S/C28H31FN8O2/c1-17-22-10-7-18(33-27(38)39-28(2,3)4)16-35(22)23-11-13-30-15-24(23)36(17)26-32-14-19-8-9-21(34-37(19)26)25-20(29)6-5-12-31-25/h5-6,8-9,11-15,17-18,22H,7,10,16H2,1-4H3,(H,33,38)/t17?,18-,22+/m1/s1. The summed E-state index contributed by atoms with van der Waals surface area (Å²) in [6.45, 7) is 8.40. The third-order valence-electron chi connectivity index (χ3n) is 7.24. The number of anilines is 3. The van der Waals surface area contributed by atoms with E-state index < -0.39 is 17.5 Å². The Morgan fingerprint density at radius 2 is 1.92 bits per heavy atom. The Bertz CT molecular complexity index is 1530. The molecule has 39 heavy (non-hydrogen) atoms. The van der Waals surface area contributed by atoms with E-state index in [0.29, 0.717) is 18.2 Å². The van der Waals surface area contributed by atoms with Gasteiger partial charge in [-0.25, -0.2) is 14.2 Å². The van der Waals surface area contributed by atoms with Gasteiger partial charge in [-0.05, 0) is 70.9 Å². The second-order valence-corrected chi connectivity index (χ2v) is 11.1. The Hall–Kier alpha value is -4.28. The van der Waals surface area contributed by atoms with E-state index in [2.05, 4.69) is 32.0 Å². The SMILES string of the molecule is CC1[C@@H]2CC[C@@H](NC(=O)OC(C)(C)C)CN2c2ccncc2N1c1ncc2ccc(-c3ncccc3F)nn12. The minimum atomic E-state index is -0.553. The largest absolute Gasteiger partial charge is 0.444 e. The molecule has 2 aliphatic heterocycles. The molecule has 6 heterocycles. The number of carbonyl (C=O) groups excluding carboxylic acids is 1. The molecule has 0 bridgehead atoms. The Morgan fingerprint density at radius 1 is 1.08 bits per heavy atom. The first-order chi connectivity index (χ1) is 18.7. The first-order valence-electron chi connectivity index (χ1n) is 13.1. The van der Waals surface area contributed by atoms with Crippen molar-refractivity contribution in [1.82, 2.24) is 29.9 Å². The smallest absolute Gasteiger partial charge is 0.407 e. The van der Waals surface area contributed by atoms with Gasteiger partial charge in [-0.15, -0.1) is 0 Å². The number of imidazole rings is 1. The summed E-state index contributed by atoms with van der Waals surface area (Å²) in [5.74, 6) is 0.192.